The van der Waals surface area contributed by atoms with Crippen LogP contribution < -0.4 is 5.32 Å². The smallest absolute Gasteiger partial charge is 0.412 e. The maximum Gasteiger partial charge on any atom is 0.412 e. The first-order chi connectivity index (χ1) is 17.3. The van der Waals surface area contributed by atoms with E-state index in [2.05, 4.69) is 31.5 Å². The maximum absolute atomic E-state index is 12.5. The van der Waals surface area contributed by atoms with Crippen molar-refractivity contribution in [2.24, 2.45) is 0 Å². The largest absolute Gasteiger partial charge is 0.480 e. The van der Waals surface area contributed by atoms with Gasteiger partial charge in [0.2, 0.25) is 11.5 Å². The number of ether oxygens (including phenoxy) is 1. The molecule has 1 aliphatic rings. The van der Waals surface area contributed by atoms with Crippen LogP contribution >= 0.6 is 23.1 Å². The van der Waals surface area contributed by atoms with E-state index in [9.17, 15) is 20.0 Å². The number of nitriles is 1. The van der Waals surface area contributed by atoms with Crippen LogP contribution in [0.1, 0.15) is 53.8 Å². The average molecular weight is 524 g/mol. The molecule has 3 aromatic heterocycles. The van der Waals surface area contributed by atoms with Crippen molar-refractivity contribution in [1.29, 1.82) is 5.26 Å². The zero-order valence-electron chi connectivity index (χ0n) is 18.4. The van der Waals surface area contributed by atoms with Crippen molar-refractivity contribution in [3.8, 4) is 17.9 Å². The second kappa shape index (κ2) is 9.00. The Morgan fingerprint density at radius 1 is 1.28 bits per heavy atom. The van der Waals surface area contributed by atoms with Gasteiger partial charge in [-0.05, 0) is 43.3 Å². The van der Waals surface area contributed by atoms with E-state index < -0.39 is 23.6 Å². The normalized spacial score (nSPS) is 14.4. The molecule has 1 unspecified atom stereocenters. The molecule has 13 heteroatoms. The fourth-order valence-corrected chi connectivity index (χ4v) is 4.27. The summed E-state index contributed by atoms with van der Waals surface area (Å²) < 4.78 is 20.4. The van der Waals surface area contributed by atoms with Crippen LogP contribution in [0.3, 0.4) is 0 Å². The van der Waals surface area contributed by atoms with E-state index in [-0.39, 0.29) is 39.5 Å². The highest BCUT2D eigenvalue weighted by Crippen LogP contribution is 2.48. The van der Waals surface area contributed by atoms with E-state index in [1.165, 1.54) is 0 Å². The number of carbonyl (C=O) groups is 2. The fourth-order valence-electron chi connectivity index (χ4n) is 3.39. The predicted octanol–water partition coefficient (Wildman–Crippen LogP) is 4.62. The Kier molecular flexibility index (Phi) is 5.84. The average Bonchev–Trinajstić information content (AvgIpc) is 3.23. The van der Waals surface area contributed by atoms with Gasteiger partial charge >= 0.3 is 17.8 Å². The number of aromatic nitrogens is 3. The zero-order chi connectivity index (χ0) is 25.4. The highest BCUT2D eigenvalue weighted by Gasteiger charge is 2.56. The van der Waals surface area contributed by atoms with Crippen molar-refractivity contribution in [3.05, 3.63) is 57.2 Å². The van der Waals surface area contributed by atoms with Gasteiger partial charge in [0.1, 0.15) is 28.2 Å². The van der Waals surface area contributed by atoms with Gasteiger partial charge in [0.15, 0.2) is 5.69 Å². The molecule has 1 saturated carbocycles. The van der Waals surface area contributed by atoms with Crippen LogP contribution in [-0.2, 0) is 14.9 Å². The van der Waals surface area contributed by atoms with Gasteiger partial charge in [0.25, 0.3) is 5.89 Å². The third kappa shape index (κ3) is 4.24. The molecule has 2 N–H and O–H groups in total. The SMILES string of the molecule is CC(OC(=O)Nc1c(C#Cc2nc3nc(C4(C(=O)O)CC4)oc3o2)nsc1C#N)c1ccccc1Cl. The lowest BCUT2D eigenvalue weighted by molar-refractivity contribution is -0.140. The minimum absolute atomic E-state index is 0.0462. The summed E-state index contributed by atoms with van der Waals surface area (Å²) in [5, 5.41) is 21.7. The molecule has 11 nitrogen and oxygen atoms in total. The Hall–Kier alpha value is -4.39. The van der Waals surface area contributed by atoms with Crippen molar-refractivity contribution in [1.82, 2.24) is 14.3 Å². The number of nitrogens with zero attached hydrogens (tertiary/aromatic N) is 4. The Balaban J connectivity index is 1.33. The number of carbonyl (C=O) groups excluding carboxylic acids is 1. The molecular weight excluding hydrogens is 510 g/mol. The number of carboxylic acids is 1. The van der Waals surface area contributed by atoms with Gasteiger partial charge in [-0.2, -0.15) is 19.6 Å². The molecule has 1 aliphatic carbocycles. The summed E-state index contributed by atoms with van der Waals surface area (Å²) in [6.07, 6.45) is -0.613. The Morgan fingerprint density at radius 2 is 2.06 bits per heavy atom. The number of halogens is 1. The highest BCUT2D eigenvalue weighted by atomic mass is 35.5. The predicted molar refractivity (Wildman–Crippen MR) is 125 cm³/mol. The Bertz CT molecular complexity index is 1590. The monoisotopic (exact) mass is 523 g/mol. The van der Waals surface area contributed by atoms with E-state index in [0.717, 1.165) is 11.5 Å². The number of oxazole rings is 2. The molecule has 0 spiro atoms. The number of hydrogen-bond acceptors (Lipinski definition) is 10. The van der Waals surface area contributed by atoms with Crippen molar-refractivity contribution < 1.29 is 28.3 Å². The number of hydrogen-bond donors (Lipinski definition) is 2. The lowest BCUT2D eigenvalue weighted by Crippen LogP contribution is -2.19. The van der Waals surface area contributed by atoms with E-state index in [0.29, 0.717) is 23.4 Å². The van der Waals surface area contributed by atoms with Gasteiger partial charge in [-0.3, -0.25) is 10.1 Å². The molecule has 1 aromatic carbocycles. The minimum Gasteiger partial charge on any atom is -0.480 e. The summed E-state index contributed by atoms with van der Waals surface area (Å²) in [5.74, 6) is 4.26. The topological polar surface area (TPSA) is 164 Å². The number of rotatable bonds is 5. The van der Waals surface area contributed by atoms with Crippen LogP contribution in [0.25, 0.3) is 11.4 Å². The lowest BCUT2D eigenvalue weighted by atomic mass is 10.1. The van der Waals surface area contributed by atoms with Gasteiger partial charge in [-0.15, -0.1) is 0 Å². The number of carboxylic acid groups (broad SMARTS) is 1. The van der Waals surface area contributed by atoms with Gasteiger partial charge in [-0.25, -0.2) is 4.79 Å². The summed E-state index contributed by atoms with van der Waals surface area (Å²) >= 11 is 7.00. The number of aliphatic carboxylic acids is 1. The van der Waals surface area contributed by atoms with E-state index in [4.69, 9.17) is 25.2 Å². The van der Waals surface area contributed by atoms with E-state index >= 15 is 0 Å². The van der Waals surface area contributed by atoms with Crippen LogP contribution in [0.2, 0.25) is 5.02 Å². The van der Waals surface area contributed by atoms with Gasteiger partial charge in [0, 0.05) is 16.5 Å². The van der Waals surface area contributed by atoms with Crippen LogP contribution in [0.5, 0.6) is 0 Å². The fraction of sp³-hybridized carbons (Fsp3) is 0.217. The molecule has 3 heterocycles. The first kappa shape index (κ1) is 23.4. The lowest BCUT2D eigenvalue weighted by Gasteiger charge is -2.15. The second-order valence-corrected chi connectivity index (χ2v) is 9.01. The Labute approximate surface area is 211 Å². The molecule has 0 bridgehead atoms. The molecule has 36 heavy (non-hydrogen) atoms. The highest BCUT2D eigenvalue weighted by molar-refractivity contribution is 7.07. The number of anilines is 1. The first-order valence-corrected chi connectivity index (χ1v) is 11.6. The third-order valence-corrected chi connectivity index (χ3v) is 6.58. The van der Waals surface area contributed by atoms with Crippen LogP contribution in [0.4, 0.5) is 10.5 Å². The third-order valence-electron chi connectivity index (χ3n) is 5.48. The van der Waals surface area contributed by atoms with Crippen molar-refractivity contribution >= 4 is 52.3 Å². The molecule has 0 aliphatic heterocycles. The van der Waals surface area contributed by atoms with Crippen molar-refractivity contribution in [3.63, 3.8) is 0 Å². The van der Waals surface area contributed by atoms with E-state index in [1.54, 1.807) is 31.2 Å². The molecule has 4 aromatic rings. The molecule has 180 valence electrons. The van der Waals surface area contributed by atoms with Crippen LogP contribution in [-0.4, -0.2) is 31.5 Å². The summed E-state index contributed by atoms with van der Waals surface area (Å²) in [6.45, 7) is 1.66. The van der Waals surface area contributed by atoms with Crippen molar-refractivity contribution in [2.75, 3.05) is 5.32 Å². The number of benzene rings is 1. The molecule has 0 radical (unpaired) electrons. The maximum atomic E-state index is 12.5. The summed E-state index contributed by atoms with van der Waals surface area (Å²) in [6, 6.07) is 8.91. The quantitative estimate of drug-likeness (QED) is 0.352. The molecule has 1 atom stereocenters. The molecule has 1 fully saturated rings. The van der Waals surface area contributed by atoms with Gasteiger partial charge < -0.3 is 18.7 Å². The van der Waals surface area contributed by atoms with Gasteiger partial charge in [-0.1, -0.05) is 29.8 Å². The van der Waals surface area contributed by atoms with E-state index in [1.807, 2.05) is 6.07 Å². The number of amides is 1. The minimum atomic E-state index is -1.12. The standard InChI is InChI=1S/C23H14ClN5O6S/c1-11(12-4-2-3-5-13(12)24)33-22(32)27-17-14(29-36-15(17)10-25)6-7-16-26-18-19(34-16)35-20(28-18)23(8-9-23)21(30)31/h2-5,11H,8-9H2,1H3,(H,27,32)(H,30,31). The molecular formula is C23H14ClN5O6S. The van der Waals surface area contributed by atoms with Crippen molar-refractivity contribution in [2.45, 2.75) is 31.3 Å². The first-order valence-electron chi connectivity index (χ1n) is 10.5. The number of nitrogens with one attached hydrogen (secondary N) is 1. The Morgan fingerprint density at radius 3 is 2.72 bits per heavy atom. The molecule has 5 rings (SSSR count). The number of fused-ring (bicyclic) bond motifs is 1. The summed E-state index contributed by atoms with van der Waals surface area (Å²) in [5.41, 5.74) is -0.223. The second-order valence-electron chi connectivity index (χ2n) is 7.83. The van der Waals surface area contributed by atoms with Gasteiger partial charge in [0.05, 0.1) is 0 Å². The molecule has 0 saturated heterocycles. The summed E-state index contributed by atoms with van der Waals surface area (Å²) in [7, 11) is 0. The van der Waals surface area contributed by atoms with Crippen LogP contribution in [0, 0.1) is 23.2 Å². The summed E-state index contributed by atoms with van der Waals surface area (Å²) in [4.78, 5) is 32.3. The molecule has 1 amide bonds. The zero-order valence-corrected chi connectivity index (χ0v) is 19.9. The van der Waals surface area contributed by atoms with Crippen LogP contribution in [0.15, 0.2) is 33.1 Å².